The van der Waals surface area contributed by atoms with Gasteiger partial charge < -0.3 is 4.74 Å². The fraction of sp³-hybridized carbons (Fsp3) is 0.0435. The average Bonchev–Trinajstić information content (AvgIpc) is 3.02. The van der Waals surface area contributed by atoms with Gasteiger partial charge >= 0.3 is 5.97 Å². The van der Waals surface area contributed by atoms with Crippen LogP contribution in [-0.4, -0.2) is 30.2 Å². The molecule has 1 heterocycles. The van der Waals surface area contributed by atoms with Gasteiger partial charge in [-0.1, -0.05) is 53.5 Å². The molecule has 3 aromatic carbocycles. The van der Waals surface area contributed by atoms with Crippen LogP contribution in [0, 0.1) is 0 Å². The number of carbonyl (C=O) groups is 4. The minimum Gasteiger partial charge on any atom is -0.454 e. The van der Waals surface area contributed by atoms with Gasteiger partial charge in [0.05, 0.1) is 27.4 Å². The number of nitrogens with zero attached hydrogens (tertiary/aromatic N) is 1. The van der Waals surface area contributed by atoms with Crippen molar-refractivity contribution in [2.24, 2.45) is 0 Å². The first-order valence-electron chi connectivity index (χ1n) is 9.10. The third-order valence-corrected chi connectivity index (χ3v) is 5.24. The minimum absolute atomic E-state index is 0.0415. The van der Waals surface area contributed by atoms with E-state index in [1.807, 2.05) is 0 Å². The molecule has 1 aliphatic heterocycles. The number of imide groups is 1. The van der Waals surface area contributed by atoms with Crippen LogP contribution >= 0.6 is 23.2 Å². The fourth-order valence-electron chi connectivity index (χ4n) is 3.17. The number of rotatable bonds is 5. The number of anilines is 1. The Labute approximate surface area is 186 Å². The van der Waals surface area contributed by atoms with Crippen molar-refractivity contribution in [3.63, 3.8) is 0 Å². The standard InChI is InChI=1S/C23H13Cl2NO5/c24-15-7-9-19(18(25)11-15)26-21(28)16-8-6-14(10-17(16)22(26)29)23(30)31-12-20(27)13-4-2-1-3-5-13/h1-11H,12H2. The number of ketones is 1. The predicted molar refractivity (Wildman–Crippen MR) is 115 cm³/mol. The van der Waals surface area contributed by atoms with Gasteiger partial charge in [-0.25, -0.2) is 9.69 Å². The molecule has 6 nitrogen and oxygen atoms in total. The molecule has 0 aromatic heterocycles. The first-order chi connectivity index (χ1) is 14.9. The zero-order valence-electron chi connectivity index (χ0n) is 15.8. The van der Waals surface area contributed by atoms with Gasteiger partial charge in [-0.05, 0) is 36.4 Å². The van der Waals surface area contributed by atoms with Gasteiger partial charge in [-0.2, -0.15) is 0 Å². The Kier molecular flexibility index (Phi) is 5.59. The first kappa shape index (κ1) is 20.8. The van der Waals surface area contributed by atoms with E-state index in [1.165, 1.54) is 36.4 Å². The quantitative estimate of drug-likeness (QED) is 0.313. The summed E-state index contributed by atoms with van der Waals surface area (Å²) in [6.07, 6.45) is 0. The smallest absolute Gasteiger partial charge is 0.338 e. The highest BCUT2D eigenvalue weighted by Gasteiger charge is 2.38. The second-order valence-electron chi connectivity index (χ2n) is 6.67. The van der Waals surface area contributed by atoms with Gasteiger partial charge in [0.25, 0.3) is 11.8 Å². The SMILES string of the molecule is O=C(COC(=O)c1ccc2c(c1)C(=O)N(c1ccc(Cl)cc1Cl)C2=O)c1ccccc1. The number of amides is 2. The Hall–Kier alpha value is -3.48. The maximum atomic E-state index is 12.9. The highest BCUT2D eigenvalue weighted by atomic mass is 35.5. The van der Waals surface area contributed by atoms with E-state index >= 15 is 0 Å². The van der Waals surface area contributed by atoms with E-state index in [9.17, 15) is 19.2 Å². The third kappa shape index (κ3) is 3.95. The Morgan fingerprint density at radius 3 is 2.23 bits per heavy atom. The molecule has 154 valence electrons. The number of benzene rings is 3. The zero-order valence-corrected chi connectivity index (χ0v) is 17.3. The largest absolute Gasteiger partial charge is 0.454 e. The Bertz CT molecular complexity index is 1240. The summed E-state index contributed by atoms with van der Waals surface area (Å²) >= 11 is 12.0. The van der Waals surface area contributed by atoms with Crippen LogP contribution in [0.5, 0.6) is 0 Å². The van der Waals surface area contributed by atoms with Crippen molar-refractivity contribution in [1.29, 1.82) is 0 Å². The third-order valence-electron chi connectivity index (χ3n) is 4.70. The van der Waals surface area contributed by atoms with Crippen molar-refractivity contribution in [2.75, 3.05) is 11.5 Å². The summed E-state index contributed by atoms with van der Waals surface area (Å²) in [5.74, 6) is -2.33. The molecule has 0 fully saturated rings. The fourth-order valence-corrected chi connectivity index (χ4v) is 3.66. The number of hydrogen-bond acceptors (Lipinski definition) is 5. The summed E-state index contributed by atoms with van der Waals surface area (Å²) in [7, 11) is 0. The van der Waals surface area contributed by atoms with Gasteiger partial charge in [-0.3, -0.25) is 14.4 Å². The van der Waals surface area contributed by atoms with Gasteiger partial charge in [0, 0.05) is 10.6 Å². The average molecular weight is 454 g/mol. The molecule has 0 N–H and O–H groups in total. The summed E-state index contributed by atoms with van der Waals surface area (Å²) in [6, 6.07) is 16.8. The molecular formula is C23H13Cl2NO5. The molecule has 0 aliphatic carbocycles. The molecule has 0 bridgehead atoms. The van der Waals surface area contributed by atoms with Crippen molar-refractivity contribution in [3.8, 4) is 0 Å². The van der Waals surface area contributed by atoms with Crippen LogP contribution in [0.1, 0.15) is 41.4 Å². The topological polar surface area (TPSA) is 80.8 Å². The molecule has 0 radical (unpaired) electrons. The summed E-state index contributed by atoms with van der Waals surface area (Å²) in [6.45, 7) is -0.445. The van der Waals surface area contributed by atoms with Crippen LogP contribution in [0.4, 0.5) is 5.69 Å². The van der Waals surface area contributed by atoms with E-state index in [0.717, 1.165) is 4.90 Å². The summed E-state index contributed by atoms with van der Waals surface area (Å²) < 4.78 is 5.08. The molecule has 0 atom stereocenters. The van der Waals surface area contributed by atoms with E-state index in [2.05, 4.69) is 0 Å². The maximum absolute atomic E-state index is 12.9. The number of fused-ring (bicyclic) bond motifs is 1. The van der Waals surface area contributed by atoms with Crippen molar-refractivity contribution in [2.45, 2.75) is 0 Å². The van der Waals surface area contributed by atoms with Gasteiger partial charge in [0.1, 0.15) is 0 Å². The first-order valence-corrected chi connectivity index (χ1v) is 9.85. The number of carbonyl (C=O) groups excluding carboxylic acids is 4. The van der Waals surface area contributed by atoms with Gasteiger partial charge in [0.2, 0.25) is 0 Å². The Morgan fingerprint density at radius 1 is 0.806 bits per heavy atom. The number of hydrogen-bond donors (Lipinski definition) is 0. The van der Waals surface area contributed by atoms with E-state index in [1.54, 1.807) is 30.3 Å². The molecule has 3 aromatic rings. The van der Waals surface area contributed by atoms with Crippen molar-refractivity contribution >= 4 is 52.5 Å². The maximum Gasteiger partial charge on any atom is 0.338 e. The number of ether oxygens (including phenoxy) is 1. The van der Waals surface area contributed by atoms with Crippen molar-refractivity contribution in [1.82, 2.24) is 0 Å². The van der Waals surface area contributed by atoms with E-state index in [-0.39, 0.29) is 33.2 Å². The molecule has 4 rings (SSSR count). The molecule has 2 amide bonds. The van der Waals surface area contributed by atoms with Crippen molar-refractivity contribution < 1.29 is 23.9 Å². The monoisotopic (exact) mass is 453 g/mol. The van der Waals surface area contributed by atoms with Crippen LogP contribution in [0.3, 0.4) is 0 Å². The molecule has 0 saturated heterocycles. The van der Waals surface area contributed by atoms with Gasteiger partial charge in [0.15, 0.2) is 12.4 Å². The zero-order chi connectivity index (χ0) is 22.1. The second kappa shape index (κ2) is 8.34. The number of halogens is 2. The lowest BCUT2D eigenvalue weighted by Crippen LogP contribution is -2.29. The molecule has 0 unspecified atom stereocenters. The van der Waals surface area contributed by atoms with Gasteiger partial charge in [-0.15, -0.1) is 0 Å². The second-order valence-corrected chi connectivity index (χ2v) is 7.51. The van der Waals surface area contributed by atoms with Crippen LogP contribution in [-0.2, 0) is 4.74 Å². The highest BCUT2D eigenvalue weighted by molar-refractivity contribution is 6.41. The van der Waals surface area contributed by atoms with Crippen LogP contribution in [0.15, 0.2) is 66.7 Å². The van der Waals surface area contributed by atoms with E-state index in [0.29, 0.717) is 10.6 Å². The van der Waals surface area contributed by atoms with E-state index < -0.39 is 24.4 Å². The van der Waals surface area contributed by atoms with Crippen LogP contribution in [0.25, 0.3) is 0 Å². The molecule has 0 saturated carbocycles. The van der Waals surface area contributed by atoms with Crippen LogP contribution < -0.4 is 4.90 Å². The summed E-state index contributed by atoms with van der Waals surface area (Å²) in [4.78, 5) is 51.1. The molecular weight excluding hydrogens is 441 g/mol. The lowest BCUT2D eigenvalue weighted by Gasteiger charge is -2.15. The lowest BCUT2D eigenvalue weighted by atomic mass is 10.1. The van der Waals surface area contributed by atoms with E-state index in [4.69, 9.17) is 27.9 Å². The summed E-state index contributed by atoms with van der Waals surface area (Å²) in [5.41, 5.74) is 0.827. The molecule has 8 heteroatoms. The number of esters is 1. The Balaban J connectivity index is 1.54. The molecule has 0 spiro atoms. The number of Topliss-reactive ketones (excluding diaryl/α,β-unsaturated/α-hetero) is 1. The minimum atomic E-state index is -0.782. The lowest BCUT2D eigenvalue weighted by molar-refractivity contribution is 0.0474. The molecule has 1 aliphatic rings. The predicted octanol–water partition coefficient (Wildman–Crippen LogP) is 4.83. The van der Waals surface area contributed by atoms with Crippen LogP contribution in [0.2, 0.25) is 10.0 Å². The highest BCUT2D eigenvalue weighted by Crippen LogP contribution is 2.35. The summed E-state index contributed by atoms with van der Waals surface area (Å²) in [5, 5.41) is 0.501. The Morgan fingerprint density at radius 2 is 1.52 bits per heavy atom. The molecule has 31 heavy (non-hydrogen) atoms. The normalized spacial score (nSPS) is 12.6. The van der Waals surface area contributed by atoms with Crippen molar-refractivity contribution in [3.05, 3.63) is 99.0 Å².